The first-order valence-corrected chi connectivity index (χ1v) is 12.4. The van der Waals surface area contributed by atoms with Gasteiger partial charge in [0.15, 0.2) is 0 Å². The van der Waals surface area contributed by atoms with E-state index < -0.39 is 0 Å². The summed E-state index contributed by atoms with van der Waals surface area (Å²) in [5.74, 6) is 0.495. The highest BCUT2D eigenvalue weighted by atomic mass is 35.5. The molecule has 1 saturated carbocycles. The number of nitrogens with one attached hydrogen (secondary N) is 2. The average molecular weight is 482 g/mol. The first-order valence-electron chi connectivity index (χ1n) is 11.0. The molecule has 5 rings (SSSR count). The van der Waals surface area contributed by atoms with Gasteiger partial charge in [0, 0.05) is 28.9 Å². The van der Waals surface area contributed by atoms with E-state index in [1.165, 1.54) is 23.7 Å². The molecule has 1 aliphatic carbocycles. The van der Waals surface area contributed by atoms with E-state index in [1.807, 2.05) is 40.9 Å². The van der Waals surface area contributed by atoms with E-state index in [-0.39, 0.29) is 11.3 Å². The predicted octanol–water partition coefficient (Wildman–Crippen LogP) is 4.43. The lowest BCUT2D eigenvalue weighted by atomic mass is 9.69. The largest absolute Gasteiger partial charge is 0.350 e. The van der Waals surface area contributed by atoms with E-state index in [9.17, 15) is 4.79 Å². The Labute approximate surface area is 200 Å². The number of halogens is 1. The third-order valence-electron chi connectivity index (χ3n) is 6.31. The van der Waals surface area contributed by atoms with Crippen LogP contribution in [0.1, 0.15) is 53.8 Å². The smallest absolute Gasteiger partial charge is 0.268 e. The zero-order chi connectivity index (χ0) is 22.7. The number of pyridine rings is 1. The van der Waals surface area contributed by atoms with Crippen LogP contribution in [0.5, 0.6) is 0 Å². The van der Waals surface area contributed by atoms with Crippen molar-refractivity contribution in [2.45, 2.75) is 48.4 Å². The normalized spacial score (nSPS) is 15.5. The molecule has 0 unspecified atom stereocenters. The number of rotatable bonds is 7. The van der Waals surface area contributed by atoms with Crippen LogP contribution in [0.25, 0.3) is 5.65 Å². The van der Waals surface area contributed by atoms with E-state index >= 15 is 0 Å². The number of benzene rings is 1. The van der Waals surface area contributed by atoms with Crippen LogP contribution in [0, 0.1) is 0 Å². The van der Waals surface area contributed by atoms with Gasteiger partial charge in [0.2, 0.25) is 5.16 Å². The van der Waals surface area contributed by atoms with Gasteiger partial charge in [0.25, 0.3) is 5.91 Å². The van der Waals surface area contributed by atoms with Gasteiger partial charge in [-0.3, -0.25) is 9.20 Å². The van der Waals surface area contributed by atoms with Gasteiger partial charge in [0.05, 0.1) is 5.69 Å². The maximum Gasteiger partial charge on any atom is 0.268 e. The highest BCUT2D eigenvalue weighted by Gasteiger charge is 2.34. The molecule has 2 N–H and O–H groups in total. The number of imidazole rings is 1. The van der Waals surface area contributed by atoms with Gasteiger partial charge in [0.1, 0.15) is 11.3 Å². The topological polar surface area (TPSA) is 101 Å². The molecule has 1 aromatic carbocycles. The van der Waals surface area contributed by atoms with Crippen LogP contribution in [0.15, 0.2) is 53.8 Å². The van der Waals surface area contributed by atoms with Crippen molar-refractivity contribution in [1.82, 2.24) is 35.3 Å². The van der Waals surface area contributed by atoms with Gasteiger partial charge in [-0.25, -0.2) is 10.1 Å². The summed E-state index contributed by atoms with van der Waals surface area (Å²) in [6.07, 6.45) is 7.58. The van der Waals surface area contributed by atoms with Gasteiger partial charge in [-0.05, 0) is 53.1 Å². The molecule has 1 aliphatic rings. The number of nitrogens with zero attached hydrogens (tertiary/aromatic N) is 5. The molecule has 33 heavy (non-hydrogen) atoms. The number of hydrogen-bond donors (Lipinski definition) is 2. The second-order valence-electron chi connectivity index (χ2n) is 8.40. The number of thioether (sulfide) groups is 1. The molecule has 0 spiro atoms. The molecule has 170 valence electrons. The fourth-order valence-electron chi connectivity index (χ4n) is 4.61. The summed E-state index contributed by atoms with van der Waals surface area (Å²) < 4.78 is 1.85. The molecule has 0 bridgehead atoms. The van der Waals surface area contributed by atoms with Gasteiger partial charge in [-0.1, -0.05) is 60.8 Å². The molecule has 3 heterocycles. The number of carbonyl (C=O) groups is 1. The Morgan fingerprint density at radius 3 is 2.73 bits per heavy atom. The Kier molecular flexibility index (Phi) is 6.32. The summed E-state index contributed by atoms with van der Waals surface area (Å²) in [6.45, 7) is 0.597. The summed E-state index contributed by atoms with van der Waals surface area (Å²) in [5.41, 5.74) is 3.34. The third-order valence-corrected chi connectivity index (χ3v) is 7.45. The Bertz CT molecular complexity index is 1230. The van der Waals surface area contributed by atoms with Crippen LogP contribution in [0.4, 0.5) is 0 Å². The Morgan fingerprint density at radius 1 is 1.15 bits per heavy atom. The monoisotopic (exact) mass is 481 g/mol. The number of carbonyl (C=O) groups excluding carboxylic acids is 1. The molecule has 1 amide bonds. The van der Waals surface area contributed by atoms with Gasteiger partial charge >= 0.3 is 0 Å². The Balaban J connectivity index is 1.34. The Hall–Kier alpha value is -2.91. The lowest BCUT2D eigenvalue weighted by Gasteiger charge is -2.38. The summed E-state index contributed by atoms with van der Waals surface area (Å²) in [5, 5.41) is 18.3. The molecule has 8 nitrogen and oxygen atoms in total. The maximum absolute atomic E-state index is 13.3. The van der Waals surface area contributed by atoms with E-state index in [2.05, 4.69) is 43.1 Å². The SMILES string of the molecule is O=C(NCC1(c2ccc(Cl)cc2)CCCCC1)c1cccc2nc(CSc3nnn[nH]3)cn12. The van der Waals surface area contributed by atoms with E-state index in [1.54, 1.807) is 0 Å². The molecular formula is C23H24ClN7OS. The quantitative estimate of drug-likeness (QED) is 0.379. The maximum atomic E-state index is 13.3. The second kappa shape index (κ2) is 9.52. The highest BCUT2D eigenvalue weighted by molar-refractivity contribution is 7.98. The molecule has 0 saturated heterocycles. The zero-order valence-corrected chi connectivity index (χ0v) is 19.6. The number of aromatic amines is 1. The number of fused-ring (bicyclic) bond motifs is 1. The molecule has 10 heteroatoms. The van der Waals surface area contributed by atoms with Crippen LogP contribution in [0.3, 0.4) is 0 Å². The first-order chi connectivity index (χ1) is 16.1. The molecule has 1 fully saturated rings. The second-order valence-corrected chi connectivity index (χ2v) is 9.80. The van der Waals surface area contributed by atoms with Crippen LogP contribution in [-0.2, 0) is 11.2 Å². The summed E-state index contributed by atoms with van der Waals surface area (Å²) in [4.78, 5) is 17.9. The van der Waals surface area contributed by atoms with Crippen molar-refractivity contribution < 1.29 is 4.79 Å². The van der Waals surface area contributed by atoms with E-state index in [0.29, 0.717) is 23.1 Å². The molecule has 0 atom stereocenters. The standard InChI is InChI=1S/C23H24ClN7OS/c24-17-9-7-16(8-10-17)23(11-2-1-3-12-23)15-25-21(32)19-5-4-6-20-26-18(13-31(19)20)14-33-22-27-29-30-28-22/h4-10,13H,1-3,11-12,14-15H2,(H,25,32)(H,27,28,29,30). The van der Waals surface area contributed by atoms with Crippen molar-refractivity contribution in [3.05, 3.63) is 70.6 Å². The van der Waals surface area contributed by atoms with E-state index in [4.69, 9.17) is 11.6 Å². The lowest BCUT2D eigenvalue weighted by Crippen LogP contribution is -2.42. The summed E-state index contributed by atoms with van der Waals surface area (Å²) in [7, 11) is 0. The number of hydrogen-bond acceptors (Lipinski definition) is 6. The first kappa shape index (κ1) is 21.9. The zero-order valence-electron chi connectivity index (χ0n) is 18.0. The Morgan fingerprint density at radius 2 is 1.97 bits per heavy atom. The minimum atomic E-state index is -0.101. The lowest BCUT2D eigenvalue weighted by molar-refractivity contribution is 0.0930. The van der Waals surface area contributed by atoms with Gasteiger partial charge < -0.3 is 5.32 Å². The van der Waals surface area contributed by atoms with Crippen LogP contribution in [-0.4, -0.2) is 42.5 Å². The van der Waals surface area contributed by atoms with Crippen molar-refractivity contribution >= 4 is 34.9 Å². The van der Waals surface area contributed by atoms with E-state index in [0.717, 1.165) is 42.0 Å². The molecule has 0 aliphatic heterocycles. The summed E-state index contributed by atoms with van der Waals surface area (Å²) in [6, 6.07) is 13.7. The number of amides is 1. The van der Waals surface area contributed by atoms with Crippen molar-refractivity contribution in [2.24, 2.45) is 0 Å². The van der Waals surface area contributed by atoms with Crippen LogP contribution in [0.2, 0.25) is 5.02 Å². The number of aromatic nitrogens is 6. The molecular weight excluding hydrogens is 458 g/mol. The van der Waals surface area contributed by atoms with Crippen LogP contribution >= 0.6 is 23.4 Å². The number of tetrazole rings is 1. The van der Waals surface area contributed by atoms with Crippen molar-refractivity contribution in [2.75, 3.05) is 6.54 Å². The fourth-order valence-corrected chi connectivity index (χ4v) is 5.36. The predicted molar refractivity (Wildman–Crippen MR) is 127 cm³/mol. The minimum absolute atomic E-state index is 0.0613. The number of H-pyrrole nitrogens is 1. The van der Waals surface area contributed by atoms with Crippen LogP contribution < -0.4 is 5.32 Å². The van der Waals surface area contributed by atoms with Gasteiger partial charge in [-0.15, -0.1) is 5.10 Å². The van der Waals surface area contributed by atoms with Gasteiger partial charge in [-0.2, -0.15) is 0 Å². The van der Waals surface area contributed by atoms with Crippen molar-refractivity contribution in [1.29, 1.82) is 0 Å². The van der Waals surface area contributed by atoms with Crippen molar-refractivity contribution in [3.8, 4) is 0 Å². The minimum Gasteiger partial charge on any atom is -0.350 e. The highest BCUT2D eigenvalue weighted by Crippen LogP contribution is 2.39. The average Bonchev–Trinajstić information content (AvgIpc) is 3.51. The fraction of sp³-hybridized carbons (Fsp3) is 0.348. The molecule has 0 radical (unpaired) electrons. The molecule has 4 aromatic rings. The third kappa shape index (κ3) is 4.74. The summed E-state index contributed by atoms with van der Waals surface area (Å²) >= 11 is 7.58. The van der Waals surface area contributed by atoms with Crippen molar-refractivity contribution in [3.63, 3.8) is 0 Å². The molecule has 3 aromatic heterocycles.